The van der Waals surface area contributed by atoms with Crippen LogP contribution in [0.3, 0.4) is 0 Å². The fourth-order valence-corrected chi connectivity index (χ4v) is 3.81. The van der Waals surface area contributed by atoms with Gasteiger partial charge in [-0.1, -0.05) is 29.8 Å². The Morgan fingerprint density at radius 1 is 0.941 bits per heavy atom. The van der Waals surface area contributed by atoms with Gasteiger partial charge in [0.1, 0.15) is 11.3 Å². The number of nitrogens with zero attached hydrogens (tertiary/aromatic N) is 2. The van der Waals surface area contributed by atoms with Crippen LogP contribution in [-0.2, 0) is 0 Å². The first kappa shape index (κ1) is 21.1. The maximum absolute atomic E-state index is 12.7. The number of aromatic nitrogens is 1. The van der Waals surface area contributed by atoms with Crippen molar-refractivity contribution in [1.29, 1.82) is 0 Å². The second-order valence-corrected chi connectivity index (χ2v) is 7.91. The summed E-state index contributed by atoms with van der Waals surface area (Å²) in [5.41, 5.74) is 5.05. The number of nitrogens with one attached hydrogen (secondary N) is 1. The molecule has 8 nitrogen and oxygen atoms in total. The molecule has 2 aromatic heterocycles. The third-order valence-corrected chi connectivity index (χ3v) is 5.45. The molecule has 0 saturated carbocycles. The van der Waals surface area contributed by atoms with E-state index in [4.69, 9.17) is 8.83 Å². The maximum atomic E-state index is 12.7. The van der Waals surface area contributed by atoms with Crippen molar-refractivity contribution in [2.75, 3.05) is 5.32 Å². The van der Waals surface area contributed by atoms with E-state index in [1.165, 1.54) is 18.2 Å². The molecular weight excluding hydrogens is 434 g/mol. The van der Waals surface area contributed by atoms with E-state index in [-0.39, 0.29) is 17.2 Å². The number of aryl methyl sites for hydroxylation is 2. The van der Waals surface area contributed by atoms with Crippen LogP contribution >= 0.6 is 0 Å². The van der Waals surface area contributed by atoms with Gasteiger partial charge in [0.2, 0.25) is 5.89 Å². The van der Waals surface area contributed by atoms with Crippen molar-refractivity contribution >= 4 is 28.4 Å². The summed E-state index contributed by atoms with van der Waals surface area (Å²) in [6.45, 7) is 4.03. The minimum Gasteiger partial charge on any atom is -0.451 e. The van der Waals surface area contributed by atoms with E-state index in [0.717, 1.165) is 16.7 Å². The Balaban J connectivity index is 1.39. The Labute approximate surface area is 194 Å². The minimum atomic E-state index is -0.489. The first-order chi connectivity index (χ1) is 16.4. The average Bonchev–Trinajstić information content (AvgIpc) is 3.46. The molecule has 0 spiro atoms. The van der Waals surface area contributed by atoms with E-state index in [1.54, 1.807) is 36.4 Å². The van der Waals surface area contributed by atoms with Crippen LogP contribution in [0.4, 0.5) is 11.4 Å². The number of carbonyl (C=O) groups is 1. The zero-order valence-corrected chi connectivity index (χ0v) is 18.4. The number of anilines is 1. The van der Waals surface area contributed by atoms with Gasteiger partial charge in [-0.3, -0.25) is 14.9 Å². The van der Waals surface area contributed by atoms with E-state index < -0.39 is 10.8 Å². The third-order valence-electron chi connectivity index (χ3n) is 5.45. The topological polar surface area (TPSA) is 111 Å². The number of rotatable bonds is 5. The molecule has 1 amide bonds. The molecule has 3 aromatic carbocycles. The molecule has 5 rings (SSSR count). The molecule has 0 fully saturated rings. The lowest BCUT2D eigenvalue weighted by Gasteiger charge is -2.03. The quantitative estimate of drug-likeness (QED) is 0.239. The third kappa shape index (κ3) is 3.93. The normalized spacial score (nSPS) is 11.0. The number of fused-ring (bicyclic) bond motifs is 1. The molecule has 5 aromatic rings. The van der Waals surface area contributed by atoms with Crippen LogP contribution in [-0.4, -0.2) is 15.8 Å². The Hall–Kier alpha value is -4.72. The lowest BCUT2D eigenvalue weighted by Crippen LogP contribution is -2.10. The molecule has 0 aliphatic heterocycles. The molecule has 0 saturated heterocycles. The van der Waals surface area contributed by atoms with Crippen molar-refractivity contribution in [2.45, 2.75) is 13.8 Å². The van der Waals surface area contributed by atoms with Crippen LogP contribution in [0.5, 0.6) is 0 Å². The second-order valence-electron chi connectivity index (χ2n) is 7.91. The van der Waals surface area contributed by atoms with Crippen LogP contribution in [0.15, 0.2) is 81.6 Å². The van der Waals surface area contributed by atoms with Crippen molar-refractivity contribution in [3.63, 3.8) is 0 Å². The fourth-order valence-electron chi connectivity index (χ4n) is 3.81. The zero-order chi connectivity index (χ0) is 23.8. The van der Waals surface area contributed by atoms with Gasteiger partial charge in [0.15, 0.2) is 11.3 Å². The summed E-state index contributed by atoms with van der Waals surface area (Å²) >= 11 is 0. The summed E-state index contributed by atoms with van der Waals surface area (Å²) in [6, 6.07) is 20.4. The van der Waals surface area contributed by atoms with Gasteiger partial charge in [-0.2, -0.15) is 0 Å². The molecule has 0 bridgehead atoms. The molecule has 34 heavy (non-hydrogen) atoms. The summed E-state index contributed by atoms with van der Waals surface area (Å²) in [7, 11) is 0. The molecule has 8 heteroatoms. The second kappa shape index (κ2) is 8.32. The summed E-state index contributed by atoms with van der Waals surface area (Å²) in [6.07, 6.45) is 0. The van der Waals surface area contributed by atoms with Gasteiger partial charge >= 0.3 is 0 Å². The van der Waals surface area contributed by atoms with Crippen LogP contribution in [0.2, 0.25) is 0 Å². The maximum Gasteiger partial charge on any atom is 0.291 e. The van der Waals surface area contributed by atoms with Crippen molar-refractivity contribution in [3.05, 3.63) is 99.8 Å². The number of benzene rings is 3. The number of furan rings is 1. The number of hydrogen-bond donors (Lipinski definition) is 1. The van der Waals surface area contributed by atoms with Crippen LogP contribution < -0.4 is 5.32 Å². The summed E-state index contributed by atoms with van der Waals surface area (Å²) in [5.74, 6) is 0.297. The molecule has 0 unspecified atom stereocenters. The van der Waals surface area contributed by atoms with Crippen molar-refractivity contribution in [1.82, 2.24) is 4.98 Å². The van der Waals surface area contributed by atoms with E-state index in [0.29, 0.717) is 28.2 Å². The summed E-state index contributed by atoms with van der Waals surface area (Å²) in [5, 5.41) is 14.1. The molecule has 2 heterocycles. The minimum absolute atomic E-state index is 0.0318. The Kier molecular flexibility index (Phi) is 5.18. The van der Waals surface area contributed by atoms with E-state index in [2.05, 4.69) is 16.4 Å². The molecule has 1 N–H and O–H groups in total. The van der Waals surface area contributed by atoms with Crippen LogP contribution in [0, 0.1) is 24.0 Å². The number of hydrogen-bond acceptors (Lipinski definition) is 6. The fraction of sp³-hybridized carbons (Fsp3) is 0.0769. The largest absolute Gasteiger partial charge is 0.451 e. The first-order valence-electron chi connectivity index (χ1n) is 10.5. The van der Waals surface area contributed by atoms with Gasteiger partial charge in [-0.25, -0.2) is 4.98 Å². The number of nitro benzene ring substituents is 1. The van der Waals surface area contributed by atoms with Gasteiger partial charge in [0.25, 0.3) is 11.6 Å². The van der Waals surface area contributed by atoms with Gasteiger partial charge in [-0.15, -0.1) is 0 Å². The van der Waals surface area contributed by atoms with Crippen LogP contribution in [0.1, 0.15) is 21.7 Å². The lowest BCUT2D eigenvalue weighted by atomic mass is 10.1. The number of amides is 1. The average molecular weight is 453 g/mol. The van der Waals surface area contributed by atoms with Crippen molar-refractivity contribution in [3.8, 4) is 22.8 Å². The van der Waals surface area contributed by atoms with Crippen molar-refractivity contribution in [2.24, 2.45) is 0 Å². The molecular formula is C26H19N3O5. The number of para-hydroxylation sites is 1. The Morgan fingerprint density at radius 2 is 1.76 bits per heavy atom. The zero-order valence-electron chi connectivity index (χ0n) is 18.4. The van der Waals surface area contributed by atoms with Gasteiger partial charge in [0.05, 0.1) is 10.5 Å². The van der Waals surface area contributed by atoms with Crippen molar-refractivity contribution < 1.29 is 18.6 Å². The predicted octanol–water partition coefficient (Wildman–Crippen LogP) is 6.53. The summed E-state index contributed by atoms with van der Waals surface area (Å²) < 4.78 is 11.5. The van der Waals surface area contributed by atoms with Gasteiger partial charge < -0.3 is 14.2 Å². The monoisotopic (exact) mass is 453 g/mol. The highest BCUT2D eigenvalue weighted by molar-refractivity contribution is 6.03. The number of carbonyl (C=O) groups excluding carboxylic acids is 1. The molecule has 0 aliphatic carbocycles. The highest BCUT2D eigenvalue weighted by atomic mass is 16.6. The van der Waals surface area contributed by atoms with Gasteiger partial charge in [0, 0.05) is 17.3 Å². The van der Waals surface area contributed by atoms with E-state index >= 15 is 0 Å². The van der Waals surface area contributed by atoms with E-state index in [9.17, 15) is 14.9 Å². The molecule has 0 aliphatic rings. The smallest absolute Gasteiger partial charge is 0.291 e. The van der Waals surface area contributed by atoms with Gasteiger partial charge in [-0.05, 0) is 61.9 Å². The SMILES string of the molecule is Cc1ccc(-c2nc3cc(NC(=O)c4ccc(-c5ccccc5[N+](=O)[O-])o4)ccc3o2)c(C)c1. The Bertz CT molecular complexity index is 1560. The summed E-state index contributed by atoms with van der Waals surface area (Å²) in [4.78, 5) is 28.1. The van der Waals surface area contributed by atoms with Crippen LogP contribution in [0.25, 0.3) is 33.9 Å². The number of nitro groups is 1. The van der Waals surface area contributed by atoms with E-state index in [1.807, 2.05) is 26.0 Å². The highest BCUT2D eigenvalue weighted by Gasteiger charge is 2.20. The standard InChI is InChI=1S/C26H19N3O5/c1-15-7-9-18(16(2)13-15)26-28-20-14-17(8-10-23(20)34-26)27-25(30)24-12-11-22(33-24)19-5-3-4-6-21(19)29(31)32/h3-14H,1-2H3,(H,27,30). The first-order valence-corrected chi connectivity index (χ1v) is 10.5. The highest BCUT2D eigenvalue weighted by Crippen LogP contribution is 2.32. The predicted molar refractivity (Wildman–Crippen MR) is 128 cm³/mol. The molecule has 0 radical (unpaired) electrons. The number of oxazole rings is 1. The lowest BCUT2D eigenvalue weighted by molar-refractivity contribution is -0.384. The molecule has 168 valence electrons. The Morgan fingerprint density at radius 3 is 2.56 bits per heavy atom. The molecule has 0 atom stereocenters.